The van der Waals surface area contributed by atoms with Gasteiger partial charge in [0.05, 0.1) is 5.71 Å². The van der Waals surface area contributed by atoms with Gasteiger partial charge in [-0.3, -0.25) is 4.79 Å². The molecule has 1 amide bonds. The lowest BCUT2D eigenvalue weighted by Gasteiger charge is -2.15. The first kappa shape index (κ1) is 18.5. The highest BCUT2D eigenvalue weighted by molar-refractivity contribution is 5.99. The van der Waals surface area contributed by atoms with Crippen LogP contribution in [0.1, 0.15) is 48.6 Å². The molecule has 1 heterocycles. The molecule has 0 bridgehead atoms. The van der Waals surface area contributed by atoms with E-state index in [1.54, 1.807) is 0 Å². The number of fused-ring (bicyclic) bond motifs is 3. The van der Waals surface area contributed by atoms with Gasteiger partial charge in [-0.25, -0.2) is 5.43 Å². The van der Waals surface area contributed by atoms with E-state index in [1.165, 1.54) is 40.6 Å². The Bertz CT molecular complexity index is 1030. The Morgan fingerprint density at radius 3 is 2.64 bits per heavy atom. The molecule has 0 saturated heterocycles. The monoisotopic (exact) mass is 373 g/mol. The number of rotatable bonds is 5. The molecule has 1 aromatic heterocycles. The Morgan fingerprint density at radius 1 is 1.07 bits per heavy atom. The Hall–Kier alpha value is -2.88. The number of carbonyl (C=O) groups is 1. The van der Waals surface area contributed by atoms with Crippen molar-refractivity contribution in [3.8, 4) is 0 Å². The van der Waals surface area contributed by atoms with Gasteiger partial charge in [-0.1, -0.05) is 48.0 Å². The van der Waals surface area contributed by atoms with E-state index in [4.69, 9.17) is 0 Å². The largest absolute Gasteiger partial charge is 0.344 e. The molecule has 0 radical (unpaired) electrons. The smallest absolute Gasteiger partial charge is 0.241 e. The number of amides is 1. The van der Waals surface area contributed by atoms with Crippen LogP contribution in [0.25, 0.3) is 10.9 Å². The number of carbonyl (C=O) groups excluding carboxylic acids is 1. The quantitative estimate of drug-likeness (QED) is 0.509. The minimum Gasteiger partial charge on any atom is -0.344 e. The van der Waals surface area contributed by atoms with Crippen molar-refractivity contribution in [3.63, 3.8) is 0 Å². The Morgan fingerprint density at radius 2 is 1.82 bits per heavy atom. The molecule has 144 valence electrons. The molecular formula is C24H27N3O. The summed E-state index contributed by atoms with van der Waals surface area (Å²) in [6.45, 7) is 4.67. The number of hydrogen-bond donors (Lipinski definition) is 1. The van der Waals surface area contributed by atoms with E-state index in [0.29, 0.717) is 13.0 Å². The molecule has 0 unspecified atom stereocenters. The normalized spacial score (nSPS) is 14.1. The highest BCUT2D eigenvalue weighted by atomic mass is 16.2. The molecule has 1 aliphatic rings. The molecule has 0 saturated carbocycles. The molecule has 0 atom stereocenters. The van der Waals surface area contributed by atoms with Crippen LogP contribution < -0.4 is 5.43 Å². The SMILES string of the molecule is C/C(=N/NC(=O)CCn1c2c(c3ccccc31)CCCC2)c1ccc(C)cc1. The average Bonchev–Trinajstić information content (AvgIpc) is 3.05. The van der Waals surface area contributed by atoms with Crippen LogP contribution in [0.5, 0.6) is 0 Å². The summed E-state index contributed by atoms with van der Waals surface area (Å²) in [5.74, 6) is -0.0474. The van der Waals surface area contributed by atoms with Gasteiger partial charge >= 0.3 is 0 Å². The average molecular weight is 374 g/mol. The summed E-state index contributed by atoms with van der Waals surface area (Å²) >= 11 is 0. The Balaban J connectivity index is 1.45. The van der Waals surface area contributed by atoms with Crippen molar-refractivity contribution >= 4 is 22.5 Å². The summed E-state index contributed by atoms with van der Waals surface area (Å²) in [6, 6.07) is 16.7. The van der Waals surface area contributed by atoms with Crippen molar-refractivity contribution < 1.29 is 4.79 Å². The Kier molecular flexibility index (Phi) is 5.29. The van der Waals surface area contributed by atoms with Gasteiger partial charge < -0.3 is 4.57 Å². The van der Waals surface area contributed by atoms with Crippen LogP contribution in [0.2, 0.25) is 0 Å². The molecule has 3 aromatic rings. The zero-order valence-electron chi connectivity index (χ0n) is 16.7. The third kappa shape index (κ3) is 3.72. The van der Waals surface area contributed by atoms with E-state index in [-0.39, 0.29) is 5.91 Å². The number of hydrazone groups is 1. The summed E-state index contributed by atoms with van der Waals surface area (Å²) in [4.78, 5) is 12.4. The van der Waals surface area contributed by atoms with E-state index in [9.17, 15) is 4.79 Å². The lowest BCUT2D eigenvalue weighted by molar-refractivity contribution is -0.121. The van der Waals surface area contributed by atoms with Gasteiger partial charge in [-0.05, 0) is 56.7 Å². The predicted molar refractivity (Wildman–Crippen MR) is 115 cm³/mol. The molecule has 0 spiro atoms. The van der Waals surface area contributed by atoms with Gasteiger partial charge in [0, 0.05) is 29.6 Å². The lowest BCUT2D eigenvalue weighted by Crippen LogP contribution is -2.21. The third-order valence-electron chi connectivity index (χ3n) is 5.66. The number of aryl methyl sites for hydroxylation is 3. The van der Waals surface area contributed by atoms with Crippen molar-refractivity contribution in [1.82, 2.24) is 9.99 Å². The minimum atomic E-state index is -0.0474. The van der Waals surface area contributed by atoms with E-state index < -0.39 is 0 Å². The van der Waals surface area contributed by atoms with Gasteiger partial charge in [0.1, 0.15) is 0 Å². The fourth-order valence-corrected chi connectivity index (χ4v) is 4.12. The molecule has 28 heavy (non-hydrogen) atoms. The zero-order valence-corrected chi connectivity index (χ0v) is 16.7. The van der Waals surface area contributed by atoms with Crippen molar-refractivity contribution in [2.45, 2.75) is 52.5 Å². The fraction of sp³-hybridized carbons (Fsp3) is 0.333. The highest BCUT2D eigenvalue weighted by Crippen LogP contribution is 2.32. The second-order valence-electron chi connectivity index (χ2n) is 7.65. The molecule has 2 aromatic carbocycles. The van der Waals surface area contributed by atoms with Crippen LogP contribution in [0.4, 0.5) is 0 Å². The topological polar surface area (TPSA) is 46.4 Å². The number of para-hydroxylation sites is 1. The number of aromatic nitrogens is 1. The number of nitrogens with zero attached hydrogens (tertiary/aromatic N) is 2. The van der Waals surface area contributed by atoms with Gasteiger partial charge in [0.15, 0.2) is 0 Å². The van der Waals surface area contributed by atoms with Crippen LogP contribution in [-0.4, -0.2) is 16.2 Å². The van der Waals surface area contributed by atoms with Gasteiger partial charge in [-0.2, -0.15) is 5.10 Å². The maximum Gasteiger partial charge on any atom is 0.241 e. The van der Waals surface area contributed by atoms with Gasteiger partial charge in [-0.15, -0.1) is 0 Å². The van der Waals surface area contributed by atoms with E-state index in [2.05, 4.69) is 58.4 Å². The molecule has 0 aliphatic heterocycles. The van der Waals surface area contributed by atoms with Crippen LogP contribution in [-0.2, 0) is 24.2 Å². The first-order valence-corrected chi connectivity index (χ1v) is 10.1. The van der Waals surface area contributed by atoms with E-state index in [0.717, 1.165) is 24.1 Å². The minimum absolute atomic E-state index is 0.0474. The second kappa shape index (κ2) is 8.01. The number of nitrogens with one attached hydrogen (secondary N) is 1. The maximum atomic E-state index is 12.4. The third-order valence-corrected chi connectivity index (χ3v) is 5.66. The van der Waals surface area contributed by atoms with Gasteiger partial charge in [0.2, 0.25) is 5.91 Å². The first-order chi connectivity index (χ1) is 13.6. The van der Waals surface area contributed by atoms with Crippen molar-refractivity contribution in [3.05, 3.63) is 70.9 Å². The molecule has 1 aliphatic carbocycles. The predicted octanol–water partition coefficient (Wildman–Crippen LogP) is 4.76. The molecule has 4 heteroatoms. The summed E-state index contributed by atoms with van der Waals surface area (Å²) in [7, 11) is 0. The zero-order chi connectivity index (χ0) is 19.5. The van der Waals surface area contributed by atoms with Gasteiger partial charge in [0.25, 0.3) is 0 Å². The lowest BCUT2D eigenvalue weighted by atomic mass is 9.95. The molecular weight excluding hydrogens is 346 g/mol. The number of hydrogen-bond acceptors (Lipinski definition) is 2. The maximum absolute atomic E-state index is 12.4. The second-order valence-corrected chi connectivity index (χ2v) is 7.65. The van der Waals surface area contributed by atoms with E-state index >= 15 is 0 Å². The number of benzene rings is 2. The molecule has 0 fully saturated rings. The summed E-state index contributed by atoms with van der Waals surface area (Å²) in [5.41, 5.74) is 9.92. The van der Waals surface area contributed by atoms with Crippen LogP contribution >= 0.6 is 0 Å². The molecule has 1 N–H and O–H groups in total. The summed E-state index contributed by atoms with van der Waals surface area (Å²) in [5, 5.41) is 5.63. The highest BCUT2D eigenvalue weighted by Gasteiger charge is 2.19. The van der Waals surface area contributed by atoms with Crippen molar-refractivity contribution in [2.75, 3.05) is 0 Å². The summed E-state index contributed by atoms with van der Waals surface area (Å²) < 4.78 is 2.35. The van der Waals surface area contributed by atoms with Crippen molar-refractivity contribution in [1.29, 1.82) is 0 Å². The van der Waals surface area contributed by atoms with Crippen LogP contribution in [0.15, 0.2) is 53.6 Å². The fourth-order valence-electron chi connectivity index (χ4n) is 4.12. The van der Waals surface area contributed by atoms with Crippen LogP contribution in [0.3, 0.4) is 0 Å². The standard InChI is InChI=1S/C24H27N3O/c1-17-11-13-19(14-12-17)18(2)25-26-24(28)15-16-27-22-9-5-3-7-20(22)21-8-4-6-10-23(21)27/h3,5,7,9,11-14H,4,6,8,10,15-16H2,1-2H3,(H,26,28)/b25-18-. The first-order valence-electron chi connectivity index (χ1n) is 10.1. The summed E-state index contributed by atoms with van der Waals surface area (Å²) in [6.07, 6.45) is 5.17. The Labute approximate surface area is 166 Å². The molecule has 4 rings (SSSR count). The van der Waals surface area contributed by atoms with Crippen LogP contribution in [0, 0.1) is 6.92 Å². The molecule has 4 nitrogen and oxygen atoms in total. The van der Waals surface area contributed by atoms with Crippen molar-refractivity contribution in [2.24, 2.45) is 5.10 Å². The van der Waals surface area contributed by atoms with E-state index in [1.807, 2.05) is 19.1 Å².